The number of esters is 1. The van der Waals surface area contributed by atoms with Crippen molar-refractivity contribution in [1.29, 1.82) is 0 Å². The van der Waals surface area contributed by atoms with Gasteiger partial charge in [0.25, 0.3) is 0 Å². The number of rotatable bonds is 4. The minimum absolute atomic E-state index is 0.271. The van der Waals surface area contributed by atoms with Crippen LogP contribution in [-0.4, -0.2) is 23.5 Å². The number of anilines is 1. The van der Waals surface area contributed by atoms with Gasteiger partial charge in [-0.3, -0.25) is 9.59 Å². The number of hydrogen-bond acceptors (Lipinski definition) is 5. The summed E-state index contributed by atoms with van der Waals surface area (Å²) < 4.78 is 4.64. The van der Waals surface area contributed by atoms with E-state index in [0.717, 1.165) is 5.69 Å². The van der Waals surface area contributed by atoms with Gasteiger partial charge in [-0.1, -0.05) is 0 Å². The maximum Gasteiger partial charge on any atom is 0.315 e. The fourth-order valence-electron chi connectivity index (χ4n) is 0.918. The average Bonchev–Trinajstić information content (AvgIpc) is 2.51. The van der Waals surface area contributed by atoms with Crippen LogP contribution in [0.25, 0.3) is 0 Å². The molecule has 5 nitrogen and oxygen atoms in total. The molecule has 6 heteroatoms. The Balaban J connectivity index is 2.39. The molecule has 0 saturated carbocycles. The molecule has 0 spiro atoms. The Hall–Kier alpha value is -1.43. The maximum absolute atomic E-state index is 11.3. The van der Waals surface area contributed by atoms with Gasteiger partial charge in [-0.05, 0) is 13.8 Å². The summed E-state index contributed by atoms with van der Waals surface area (Å²) in [5, 5.41) is 4.84. The smallest absolute Gasteiger partial charge is 0.315 e. The maximum atomic E-state index is 11.3. The van der Waals surface area contributed by atoms with Crippen LogP contribution in [0.5, 0.6) is 0 Å². The van der Waals surface area contributed by atoms with E-state index in [1.807, 2.05) is 12.3 Å². The van der Waals surface area contributed by atoms with Gasteiger partial charge in [-0.25, -0.2) is 4.98 Å². The van der Waals surface area contributed by atoms with Crippen molar-refractivity contribution < 1.29 is 14.3 Å². The van der Waals surface area contributed by atoms with Crippen molar-refractivity contribution in [2.45, 2.75) is 20.3 Å². The van der Waals surface area contributed by atoms with Gasteiger partial charge in [0, 0.05) is 5.38 Å². The topological polar surface area (TPSA) is 68.3 Å². The van der Waals surface area contributed by atoms with Crippen molar-refractivity contribution >= 4 is 28.3 Å². The number of thiazole rings is 1. The molecule has 0 aromatic carbocycles. The van der Waals surface area contributed by atoms with Gasteiger partial charge in [0.15, 0.2) is 5.13 Å². The van der Waals surface area contributed by atoms with Gasteiger partial charge < -0.3 is 10.1 Å². The first-order valence-electron chi connectivity index (χ1n) is 4.49. The second kappa shape index (κ2) is 5.45. The Bertz CT molecular complexity index is 362. The van der Waals surface area contributed by atoms with E-state index < -0.39 is 11.9 Å². The number of hydrogen-bond donors (Lipinski definition) is 1. The normalized spacial score (nSPS) is 9.73. The van der Waals surface area contributed by atoms with E-state index in [-0.39, 0.29) is 13.0 Å². The van der Waals surface area contributed by atoms with Crippen LogP contribution in [0.2, 0.25) is 0 Å². The number of nitrogens with one attached hydrogen (secondary N) is 1. The molecule has 0 fully saturated rings. The van der Waals surface area contributed by atoms with Crippen molar-refractivity contribution in [2.75, 3.05) is 11.9 Å². The summed E-state index contributed by atoms with van der Waals surface area (Å²) in [6, 6.07) is 0. The summed E-state index contributed by atoms with van der Waals surface area (Å²) in [6.45, 7) is 3.81. The molecule has 0 unspecified atom stereocenters. The highest BCUT2D eigenvalue weighted by molar-refractivity contribution is 7.13. The lowest BCUT2D eigenvalue weighted by molar-refractivity contribution is -0.145. The van der Waals surface area contributed by atoms with Gasteiger partial charge in [0.2, 0.25) is 5.91 Å². The summed E-state index contributed by atoms with van der Waals surface area (Å²) in [5.74, 6) is -0.925. The Kier molecular flexibility index (Phi) is 4.23. The van der Waals surface area contributed by atoms with Crippen LogP contribution in [0.15, 0.2) is 5.38 Å². The van der Waals surface area contributed by atoms with Crippen LogP contribution in [0.1, 0.15) is 19.0 Å². The third-order valence-corrected chi connectivity index (χ3v) is 2.35. The predicted molar refractivity (Wildman–Crippen MR) is 56.7 cm³/mol. The first kappa shape index (κ1) is 11.6. The minimum atomic E-state index is -0.525. The number of carbonyl (C=O) groups is 2. The molecule has 0 aliphatic carbocycles. The quantitative estimate of drug-likeness (QED) is 0.623. The standard InChI is InChI=1S/C9H12N2O3S/c1-3-14-8(13)4-7(12)11-9-10-6(2)5-15-9/h5H,3-4H2,1-2H3,(H,10,11,12). The van der Waals surface area contributed by atoms with Crippen molar-refractivity contribution in [1.82, 2.24) is 4.98 Å². The molecule has 82 valence electrons. The number of ether oxygens (including phenoxy) is 1. The predicted octanol–water partition coefficient (Wildman–Crippen LogP) is 1.34. The van der Waals surface area contributed by atoms with Crippen molar-refractivity contribution in [2.24, 2.45) is 0 Å². The molecule has 0 aliphatic heterocycles. The van der Waals surface area contributed by atoms with Crippen molar-refractivity contribution in [3.05, 3.63) is 11.1 Å². The molecule has 0 aliphatic rings. The van der Waals surface area contributed by atoms with E-state index in [1.165, 1.54) is 11.3 Å². The average molecular weight is 228 g/mol. The van der Waals surface area contributed by atoms with Gasteiger partial charge in [-0.15, -0.1) is 11.3 Å². The third kappa shape index (κ3) is 4.07. The molecule has 1 N–H and O–H groups in total. The SMILES string of the molecule is CCOC(=O)CC(=O)Nc1nc(C)cs1. The van der Waals surface area contributed by atoms with Gasteiger partial charge in [0.1, 0.15) is 6.42 Å². The summed E-state index contributed by atoms with van der Waals surface area (Å²) in [4.78, 5) is 26.2. The number of nitrogens with zero attached hydrogens (tertiary/aromatic N) is 1. The van der Waals surface area contributed by atoms with E-state index in [4.69, 9.17) is 0 Å². The Morgan fingerprint density at radius 3 is 2.87 bits per heavy atom. The fraction of sp³-hybridized carbons (Fsp3) is 0.444. The first-order valence-corrected chi connectivity index (χ1v) is 5.37. The lowest BCUT2D eigenvalue weighted by atomic mass is 10.4. The molecule has 0 atom stereocenters. The van der Waals surface area contributed by atoms with Crippen LogP contribution in [0.3, 0.4) is 0 Å². The van der Waals surface area contributed by atoms with Crippen LogP contribution in [0, 0.1) is 6.92 Å². The van der Waals surface area contributed by atoms with E-state index in [9.17, 15) is 9.59 Å². The summed E-state index contributed by atoms with van der Waals surface area (Å²) >= 11 is 1.32. The second-order valence-electron chi connectivity index (χ2n) is 2.82. The summed E-state index contributed by atoms with van der Waals surface area (Å²) in [7, 11) is 0. The Labute approximate surface area is 91.5 Å². The molecule has 15 heavy (non-hydrogen) atoms. The van der Waals surface area contributed by atoms with Gasteiger partial charge >= 0.3 is 5.97 Å². The zero-order valence-electron chi connectivity index (χ0n) is 8.57. The summed E-state index contributed by atoms with van der Waals surface area (Å²) in [6.07, 6.45) is -0.271. The van der Waals surface area contributed by atoms with E-state index >= 15 is 0 Å². The van der Waals surface area contributed by atoms with E-state index in [0.29, 0.717) is 5.13 Å². The molecule has 0 bridgehead atoms. The number of carbonyl (C=O) groups excluding carboxylic acids is 2. The largest absolute Gasteiger partial charge is 0.466 e. The number of amides is 1. The molecular weight excluding hydrogens is 216 g/mol. The third-order valence-electron chi connectivity index (χ3n) is 1.48. The zero-order chi connectivity index (χ0) is 11.3. The Morgan fingerprint density at radius 1 is 1.60 bits per heavy atom. The van der Waals surface area contributed by atoms with E-state index in [1.54, 1.807) is 6.92 Å². The Morgan fingerprint density at radius 2 is 2.33 bits per heavy atom. The summed E-state index contributed by atoms with van der Waals surface area (Å²) in [5.41, 5.74) is 0.839. The molecule has 0 radical (unpaired) electrons. The monoisotopic (exact) mass is 228 g/mol. The lowest BCUT2D eigenvalue weighted by Gasteiger charge is -2.01. The highest BCUT2D eigenvalue weighted by Crippen LogP contribution is 2.14. The van der Waals surface area contributed by atoms with Crippen LogP contribution in [-0.2, 0) is 14.3 Å². The molecule has 1 aromatic heterocycles. The molecule has 1 aromatic rings. The highest BCUT2D eigenvalue weighted by Gasteiger charge is 2.11. The van der Waals surface area contributed by atoms with Crippen molar-refractivity contribution in [3.63, 3.8) is 0 Å². The fourth-order valence-corrected chi connectivity index (χ4v) is 1.62. The van der Waals surface area contributed by atoms with Crippen LogP contribution in [0.4, 0.5) is 5.13 Å². The molecule has 1 amide bonds. The highest BCUT2D eigenvalue weighted by atomic mass is 32.1. The van der Waals surface area contributed by atoms with Gasteiger partial charge in [0.05, 0.1) is 12.3 Å². The van der Waals surface area contributed by atoms with Gasteiger partial charge in [-0.2, -0.15) is 0 Å². The van der Waals surface area contributed by atoms with Crippen LogP contribution >= 0.6 is 11.3 Å². The minimum Gasteiger partial charge on any atom is -0.466 e. The molecule has 1 rings (SSSR count). The zero-order valence-corrected chi connectivity index (χ0v) is 9.39. The molecule has 1 heterocycles. The van der Waals surface area contributed by atoms with Crippen LogP contribution < -0.4 is 5.32 Å². The first-order chi connectivity index (χ1) is 7.11. The number of aryl methyl sites for hydroxylation is 1. The molecule has 0 saturated heterocycles. The second-order valence-corrected chi connectivity index (χ2v) is 3.68. The number of aromatic nitrogens is 1. The van der Waals surface area contributed by atoms with E-state index in [2.05, 4.69) is 15.0 Å². The lowest BCUT2D eigenvalue weighted by Crippen LogP contribution is -2.18. The van der Waals surface area contributed by atoms with Crippen molar-refractivity contribution in [3.8, 4) is 0 Å². The molecular formula is C9H12N2O3S.